The maximum Gasteiger partial charge on any atom is 0.0720 e. The molecule has 0 aromatic heterocycles. The molecule has 0 heterocycles. The molecule has 0 saturated carbocycles. The van der Waals surface area contributed by atoms with Crippen molar-refractivity contribution in [1.29, 1.82) is 0 Å². The van der Waals surface area contributed by atoms with Crippen LogP contribution >= 0.6 is 0 Å². The van der Waals surface area contributed by atoms with E-state index in [1.807, 2.05) is 5.20 Å². The third kappa shape index (κ3) is 4.45. The number of hydrogen-bond acceptors (Lipinski definition) is 0. The Morgan fingerprint density at radius 3 is 2.07 bits per heavy atom. The Morgan fingerprint density at radius 1 is 0.857 bits per heavy atom. The van der Waals surface area contributed by atoms with Crippen molar-refractivity contribution in [1.82, 2.24) is 0 Å². The van der Waals surface area contributed by atoms with Crippen LogP contribution in [0.25, 0.3) is 0 Å². The van der Waals surface area contributed by atoms with E-state index in [0.717, 1.165) is 0 Å². The van der Waals surface area contributed by atoms with Gasteiger partial charge in [0, 0.05) is 0 Å². The fourth-order valence-electron chi connectivity index (χ4n) is 2.23. The Kier molecular flexibility index (Phi) is 4.94. The Bertz CT molecular complexity index is 186. The normalized spacial score (nSPS) is 25.2. The molecule has 1 rings (SSSR count). The lowest BCUT2D eigenvalue weighted by atomic mass is 10.1. The van der Waals surface area contributed by atoms with Crippen molar-refractivity contribution >= 4 is 8.07 Å². The van der Waals surface area contributed by atoms with Crippen LogP contribution in [0.15, 0.2) is 11.3 Å². The first-order chi connectivity index (χ1) is 6.61. The highest BCUT2D eigenvalue weighted by Gasteiger charge is 2.18. The summed E-state index contributed by atoms with van der Waals surface area (Å²) in [5.41, 5.74) is 0. The lowest BCUT2D eigenvalue weighted by molar-refractivity contribution is 0.589. The molecule has 0 aliphatic heterocycles. The first kappa shape index (κ1) is 12.0. The van der Waals surface area contributed by atoms with Gasteiger partial charge < -0.3 is 0 Å². The fourth-order valence-corrected chi connectivity index (χ4v) is 3.91. The first-order valence-electron chi connectivity index (χ1n) is 6.30. The molecular formula is C13H26Si. The highest BCUT2D eigenvalue weighted by molar-refractivity contribution is 6.83. The molecule has 0 spiro atoms. The molecule has 0 saturated heterocycles. The molecule has 0 bridgehead atoms. The number of rotatable bonds is 1. The molecule has 82 valence electrons. The van der Waals surface area contributed by atoms with Crippen LogP contribution in [-0.2, 0) is 0 Å². The minimum atomic E-state index is -0.989. The van der Waals surface area contributed by atoms with Crippen LogP contribution in [0, 0.1) is 0 Å². The zero-order chi connectivity index (χ0) is 10.4. The van der Waals surface area contributed by atoms with Gasteiger partial charge in [-0.3, -0.25) is 0 Å². The second-order valence-electron chi connectivity index (χ2n) is 5.64. The van der Waals surface area contributed by atoms with E-state index in [-0.39, 0.29) is 0 Å². The second kappa shape index (κ2) is 5.74. The summed E-state index contributed by atoms with van der Waals surface area (Å²) in [7, 11) is -0.989. The molecule has 0 amide bonds. The van der Waals surface area contributed by atoms with Crippen molar-refractivity contribution < 1.29 is 0 Å². The molecule has 0 aromatic carbocycles. The van der Waals surface area contributed by atoms with Gasteiger partial charge in [0.1, 0.15) is 0 Å². The fraction of sp³-hybridized carbons (Fsp3) is 0.846. The monoisotopic (exact) mass is 210 g/mol. The summed E-state index contributed by atoms with van der Waals surface area (Å²) >= 11 is 0. The average molecular weight is 210 g/mol. The van der Waals surface area contributed by atoms with Gasteiger partial charge in [-0.25, -0.2) is 0 Å². The average Bonchev–Trinajstić information content (AvgIpc) is 2.12. The molecule has 1 heteroatoms. The molecule has 0 aromatic rings. The lowest BCUT2D eigenvalue weighted by Crippen LogP contribution is -2.24. The van der Waals surface area contributed by atoms with Crippen LogP contribution in [0.3, 0.4) is 0 Å². The van der Waals surface area contributed by atoms with Crippen LogP contribution in [0.1, 0.15) is 51.4 Å². The van der Waals surface area contributed by atoms with Gasteiger partial charge in [0.15, 0.2) is 0 Å². The molecule has 0 N–H and O–H groups in total. The van der Waals surface area contributed by atoms with Crippen LogP contribution in [-0.4, -0.2) is 8.07 Å². The molecule has 0 radical (unpaired) electrons. The molecule has 0 nitrogen and oxygen atoms in total. The van der Waals surface area contributed by atoms with Crippen molar-refractivity contribution in [3.8, 4) is 0 Å². The predicted octanol–water partition coefficient (Wildman–Crippen LogP) is 4.92. The van der Waals surface area contributed by atoms with Crippen molar-refractivity contribution in [3.05, 3.63) is 11.3 Å². The van der Waals surface area contributed by atoms with E-state index in [1.165, 1.54) is 51.4 Å². The zero-order valence-corrected chi connectivity index (χ0v) is 11.2. The van der Waals surface area contributed by atoms with E-state index in [0.29, 0.717) is 0 Å². The molecule has 0 fully saturated rings. The highest BCUT2D eigenvalue weighted by atomic mass is 28.3. The van der Waals surface area contributed by atoms with Gasteiger partial charge in [-0.15, -0.1) is 0 Å². The maximum atomic E-state index is 2.58. The Hall–Kier alpha value is -0.0431. The topological polar surface area (TPSA) is 0 Å². The first-order valence-corrected chi connectivity index (χ1v) is 9.80. The van der Waals surface area contributed by atoms with Crippen molar-refractivity contribution in [2.24, 2.45) is 0 Å². The Labute approximate surface area is 90.8 Å². The molecule has 0 unspecified atom stereocenters. The van der Waals surface area contributed by atoms with Crippen molar-refractivity contribution in [2.45, 2.75) is 71.0 Å². The molecule has 1 aliphatic carbocycles. The van der Waals surface area contributed by atoms with Gasteiger partial charge in [0.2, 0.25) is 0 Å². The minimum Gasteiger partial charge on any atom is -0.0892 e. The Morgan fingerprint density at radius 2 is 1.43 bits per heavy atom. The molecule has 1 aliphatic rings. The quantitative estimate of drug-likeness (QED) is 0.539. The van der Waals surface area contributed by atoms with E-state index in [1.54, 1.807) is 0 Å². The van der Waals surface area contributed by atoms with E-state index in [2.05, 4.69) is 25.7 Å². The summed E-state index contributed by atoms with van der Waals surface area (Å²) < 4.78 is 0. The smallest absolute Gasteiger partial charge is 0.0720 e. The summed E-state index contributed by atoms with van der Waals surface area (Å²) in [4.78, 5) is 0. The van der Waals surface area contributed by atoms with Gasteiger partial charge in [-0.2, -0.15) is 0 Å². The van der Waals surface area contributed by atoms with E-state index >= 15 is 0 Å². The largest absolute Gasteiger partial charge is 0.0892 e. The minimum absolute atomic E-state index is 0.989. The Balaban J connectivity index is 2.55. The van der Waals surface area contributed by atoms with E-state index in [4.69, 9.17) is 0 Å². The summed E-state index contributed by atoms with van der Waals surface area (Å²) in [6.07, 6.45) is 14.0. The maximum absolute atomic E-state index is 2.58. The van der Waals surface area contributed by atoms with Gasteiger partial charge >= 0.3 is 0 Å². The number of hydrogen-bond donors (Lipinski definition) is 0. The molecule has 14 heavy (non-hydrogen) atoms. The molecule has 0 atom stereocenters. The molecular weight excluding hydrogens is 184 g/mol. The summed E-state index contributed by atoms with van der Waals surface area (Å²) in [6, 6.07) is 0. The van der Waals surface area contributed by atoms with Crippen LogP contribution in [0.2, 0.25) is 19.6 Å². The van der Waals surface area contributed by atoms with Crippen LogP contribution < -0.4 is 0 Å². The van der Waals surface area contributed by atoms with E-state index in [9.17, 15) is 0 Å². The van der Waals surface area contributed by atoms with Crippen LogP contribution in [0.4, 0.5) is 0 Å². The van der Waals surface area contributed by atoms with Crippen molar-refractivity contribution in [3.63, 3.8) is 0 Å². The van der Waals surface area contributed by atoms with Gasteiger partial charge in [0.25, 0.3) is 0 Å². The SMILES string of the molecule is C[Si](C)(C)/C1=C/CCCCCCCC1. The standard InChI is InChI=1S/C13H26Si/c1-14(2,3)13-11-9-7-5-4-6-8-10-12-13/h11H,4-10,12H2,1-3H3/b13-11+. The summed E-state index contributed by atoms with van der Waals surface area (Å²) in [5, 5.41) is 1.83. The van der Waals surface area contributed by atoms with Gasteiger partial charge in [0.05, 0.1) is 8.07 Å². The van der Waals surface area contributed by atoms with E-state index < -0.39 is 8.07 Å². The third-order valence-corrected chi connectivity index (χ3v) is 5.64. The number of allylic oxidation sites excluding steroid dienone is 2. The predicted molar refractivity (Wildman–Crippen MR) is 68.4 cm³/mol. The summed E-state index contributed by atoms with van der Waals surface area (Å²) in [5.74, 6) is 0. The summed E-state index contributed by atoms with van der Waals surface area (Å²) in [6.45, 7) is 7.47. The second-order valence-corrected chi connectivity index (χ2v) is 10.8. The van der Waals surface area contributed by atoms with Gasteiger partial charge in [-0.05, 0) is 25.7 Å². The van der Waals surface area contributed by atoms with Crippen LogP contribution in [0.5, 0.6) is 0 Å². The van der Waals surface area contributed by atoms with Crippen molar-refractivity contribution in [2.75, 3.05) is 0 Å². The third-order valence-electron chi connectivity index (χ3n) is 3.25. The highest BCUT2D eigenvalue weighted by Crippen LogP contribution is 2.24. The lowest BCUT2D eigenvalue weighted by Gasteiger charge is -2.22. The van der Waals surface area contributed by atoms with Gasteiger partial charge in [-0.1, -0.05) is 56.6 Å². The zero-order valence-electron chi connectivity index (χ0n) is 10.2.